The van der Waals surface area contributed by atoms with Gasteiger partial charge in [-0.2, -0.15) is 4.39 Å². The van der Waals surface area contributed by atoms with Crippen molar-refractivity contribution in [1.82, 2.24) is 19.9 Å². The van der Waals surface area contributed by atoms with Crippen LogP contribution in [0.25, 0.3) is 11.6 Å². The van der Waals surface area contributed by atoms with Gasteiger partial charge in [0.15, 0.2) is 23.2 Å². The maximum Gasteiger partial charge on any atom is 0.200 e. The molecule has 5 nitrogen and oxygen atoms in total. The van der Waals surface area contributed by atoms with Crippen LogP contribution in [0.15, 0.2) is 43.0 Å². The highest BCUT2D eigenvalue weighted by Gasteiger charge is 2.40. The minimum Gasteiger partial charge on any atom is -0.494 e. The predicted octanol–water partition coefficient (Wildman–Crippen LogP) is 3.49. The van der Waals surface area contributed by atoms with Crippen molar-refractivity contribution in [2.24, 2.45) is 0 Å². The van der Waals surface area contributed by atoms with E-state index in [1.165, 1.54) is 13.2 Å². The lowest BCUT2D eigenvalue weighted by Gasteiger charge is -2.07. The third-order valence-corrected chi connectivity index (χ3v) is 4.32. The molecule has 0 amide bonds. The average molecular weight is 340 g/mol. The molecule has 7 heteroatoms. The number of aromatic nitrogens is 4. The zero-order chi connectivity index (χ0) is 17.4. The van der Waals surface area contributed by atoms with E-state index in [9.17, 15) is 8.78 Å². The van der Waals surface area contributed by atoms with Gasteiger partial charge in [-0.25, -0.2) is 24.3 Å². The number of hydrogen-bond acceptors (Lipinski definition) is 5. The summed E-state index contributed by atoms with van der Waals surface area (Å²) in [5.74, 6) is -0.727. The number of ether oxygens (including phenoxy) is 1. The average Bonchev–Trinajstić information content (AvgIpc) is 3.45. The van der Waals surface area contributed by atoms with E-state index in [1.54, 1.807) is 36.9 Å². The Kier molecular flexibility index (Phi) is 3.83. The Hall–Kier alpha value is -2.96. The first-order chi connectivity index (χ1) is 12.2. The lowest BCUT2D eigenvalue weighted by atomic mass is 10.1. The maximum absolute atomic E-state index is 13.7. The van der Waals surface area contributed by atoms with E-state index in [0.29, 0.717) is 11.6 Å². The van der Waals surface area contributed by atoms with Crippen LogP contribution in [0, 0.1) is 11.6 Å². The van der Waals surface area contributed by atoms with Crippen molar-refractivity contribution >= 4 is 0 Å². The summed E-state index contributed by atoms with van der Waals surface area (Å²) in [4.78, 5) is 16.8. The molecule has 2 aromatic heterocycles. The molecule has 2 unspecified atom stereocenters. The smallest absolute Gasteiger partial charge is 0.200 e. The minimum atomic E-state index is -0.959. The third kappa shape index (κ3) is 2.93. The van der Waals surface area contributed by atoms with Crippen LogP contribution in [0.3, 0.4) is 0 Å². The van der Waals surface area contributed by atoms with Gasteiger partial charge in [0, 0.05) is 24.8 Å². The van der Waals surface area contributed by atoms with Gasteiger partial charge in [0.1, 0.15) is 0 Å². The number of nitrogens with zero attached hydrogens (tertiary/aromatic N) is 4. The predicted molar refractivity (Wildman–Crippen MR) is 86.1 cm³/mol. The summed E-state index contributed by atoms with van der Waals surface area (Å²) in [5.41, 5.74) is 1.67. The zero-order valence-corrected chi connectivity index (χ0v) is 13.4. The van der Waals surface area contributed by atoms with Crippen molar-refractivity contribution in [3.8, 4) is 17.4 Å². The summed E-state index contributed by atoms with van der Waals surface area (Å²) >= 11 is 0. The summed E-state index contributed by atoms with van der Waals surface area (Å²) < 4.78 is 32.1. The van der Waals surface area contributed by atoms with Crippen LogP contribution < -0.4 is 4.74 Å². The number of hydrogen-bond donors (Lipinski definition) is 0. The quantitative estimate of drug-likeness (QED) is 0.727. The van der Waals surface area contributed by atoms with Crippen molar-refractivity contribution in [2.45, 2.75) is 18.3 Å². The van der Waals surface area contributed by atoms with Crippen molar-refractivity contribution in [1.29, 1.82) is 0 Å². The van der Waals surface area contributed by atoms with Crippen LogP contribution in [-0.2, 0) is 0 Å². The summed E-state index contributed by atoms with van der Waals surface area (Å²) in [6.45, 7) is 0. The Labute approximate surface area is 142 Å². The Morgan fingerprint density at radius 1 is 0.920 bits per heavy atom. The molecular weight excluding hydrogens is 326 g/mol. The number of methoxy groups -OCH3 is 1. The van der Waals surface area contributed by atoms with Gasteiger partial charge in [-0.1, -0.05) is 0 Å². The molecule has 0 N–H and O–H groups in total. The Morgan fingerprint density at radius 2 is 1.56 bits per heavy atom. The van der Waals surface area contributed by atoms with Crippen molar-refractivity contribution < 1.29 is 13.5 Å². The van der Waals surface area contributed by atoms with Crippen LogP contribution >= 0.6 is 0 Å². The lowest BCUT2D eigenvalue weighted by Crippen LogP contribution is -1.97. The molecule has 4 rings (SSSR count). The molecule has 0 aliphatic heterocycles. The van der Waals surface area contributed by atoms with Gasteiger partial charge in [-0.05, 0) is 47.6 Å². The van der Waals surface area contributed by atoms with E-state index >= 15 is 0 Å². The molecule has 0 radical (unpaired) electrons. The van der Waals surface area contributed by atoms with Gasteiger partial charge in [0.2, 0.25) is 5.82 Å². The fourth-order valence-corrected chi connectivity index (χ4v) is 2.94. The first kappa shape index (κ1) is 15.6. The molecule has 2 atom stereocenters. The topological polar surface area (TPSA) is 60.8 Å². The second-order valence-corrected chi connectivity index (χ2v) is 5.88. The van der Waals surface area contributed by atoms with E-state index in [4.69, 9.17) is 4.74 Å². The molecule has 1 aromatic carbocycles. The fourth-order valence-electron chi connectivity index (χ4n) is 2.94. The van der Waals surface area contributed by atoms with E-state index in [-0.39, 0.29) is 17.6 Å². The first-order valence-electron chi connectivity index (χ1n) is 7.79. The van der Waals surface area contributed by atoms with Gasteiger partial charge < -0.3 is 4.74 Å². The molecule has 2 heterocycles. The fraction of sp³-hybridized carbons (Fsp3) is 0.222. The largest absolute Gasteiger partial charge is 0.494 e. The van der Waals surface area contributed by atoms with Gasteiger partial charge >= 0.3 is 0 Å². The SMILES string of the molecule is COc1cc(C2CC2c2cnc(-c3ncccn3)nc2)cc(F)c1F. The summed E-state index contributed by atoms with van der Waals surface area (Å²) in [6.07, 6.45) is 7.57. The Morgan fingerprint density at radius 3 is 2.24 bits per heavy atom. The molecule has 1 aliphatic rings. The second-order valence-electron chi connectivity index (χ2n) is 5.88. The monoisotopic (exact) mass is 340 g/mol. The summed E-state index contributed by atoms with van der Waals surface area (Å²) in [6, 6.07) is 4.51. The van der Waals surface area contributed by atoms with Crippen LogP contribution in [-0.4, -0.2) is 27.0 Å². The van der Waals surface area contributed by atoms with Crippen molar-refractivity contribution in [2.75, 3.05) is 7.11 Å². The molecule has 1 fully saturated rings. The van der Waals surface area contributed by atoms with E-state index < -0.39 is 11.6 Å². The maximum atomic E-state index is 13.7. The molecular formula is C18H14F2N4O. The number of halogens is 2. The first-order valence-corrected chi connectivity index (χ1v) is 7.79. The van der Waals surface area contributed by atoms with E-state index in [0.717, 1.165) is 17.5 Å². The lowest BCUT2D eigenvalue weighted by molar-refractivity contribution is 0.371. The van der Waals surface area contributed by atoms with Crippen molar-refractivity contribution in [3.63, 3.8) is 0 Å². The number of rotatable bonds is 4. The highest BCUT2D eigenvalue weighted by atomic mass is 19.2. The summed E-state index contributed by atoms with van der Waals surface area (Å²) in [5, 5.41) is 0. The second kappa shape index (κ2) is 6.16. The van der Waals surface area contributed by atoms with Crippen molar-refractivity contribution in [3.05, 3.63) is 65.7 Å². The number of benzene rings is 1. The molecule has 0 saturated heterocycles. The Balaban J connectivity index is 1.55. The van der Waals surface area contributed by atoms with Gasteiger partial charge in [0.05, 0.1) is 7.11 Å². The van der Waals surface area contributed by atoms with Gasteiger partial charge in [-0.15, -0.1) is 0 Å². The van der Waals surface area contributed by atoms with Crippen LogP contribution in [0.4, 0.5) is 8.78 Å². The van der Waals surface area contributed by atoms with Gasteiger partial charge in [-0.3, -0.25) is 0 Å². The highest BCUT2D eigenvalue weighted by Crippen LogP contribution is 2.55. The summed E-state index contributed by atoms with van der Waals surface area (Å²) in [7, 11) is 1.32. The van der Waals surface area contributed by atoms with Crippen LogP contribution in [0.1, 0.15) is 29.4 Å². The van der Waals surface area contributed by atoms with Crippen LogP contribution in [0.2, 0.25) is 0 Å². The highest BCUT2D eigenvalue weighted by molar-refractivity contribution is 5.44. The van der Waals surface area contributed by atoms with Gasteiger partial charge in [0.25, 0.3) is 0 Å². The normalized spacial score (nSPS) is 18.8. The molecule has 0 spiro atoms. The molecule has 1 aliphatic carbocycles. The third-order valence-electron chi connectivity index (χ3n) is 4.32. The minimum absolute atomic E-state index is 0.0755. The molecule has 3 aromatic rings. The standard InChI is InChI=1S/C18H14F2N4O/c1-25-15-6-10(5-14(19)16(15)20)12-7-13(12)11-8-23-18(24-9-11)17-21-3-2-4-22-17/h2-6,8-9,12-13H,7H2,1H3. The van der Waals surface area contributed by atoms with E-state index in [2.05, 4.69) is 19.9 Å². The zero-order valence-electron chi connectivity index (χ0n) is 13.4. The molecule has 1 saturated carbocycles. The van der Waals surface area contributed by atoms with Crippen LogP contribution in [0.5, 0.6) is 5.75 Å². The molecule has 0 bridgehead atoms. The Bertz CT molecular complexity index is 903. The van der Waals surface area contributed by atoms with E-state index in [1.807, 2.05) is 0 Å². The molecule has 126 valence electrons. The molecule has 25 heavy (non-hydrogen) atoms.